The first kappa shape index (κ1) is 15.9. The van der Waals surface area contributed by atoms with E-state index < -0.39 is 0 Å². The predicted octanol–water partition coefficient (Wildman–Crippen LogP) is 0.919. The van der Waals surface area contributed by atoms with Gasteiger partial charge in [-0.3, -0.25) is 9.69 Å². The van der Waals surface area contributed by atoms with Gasteiger partial charge in [0.2, 0.25) is 0 Å². The van der Waals surface area contributed by atoms with Gasteiger partial charge >= 0.3 is 0 Å². The topological polar surface area (TPSA) is 63.7 Å². The lowest BCUT2D eigenvalue weighted by molar-refractivity contribution is 0.00167. The molecule has 0 saturated carbocycles. The molecule has 2 aliphatic rings. The summed E-state index contributed by atoms with van der Waals surface area (Å²) in [6, 6.07) is 0.323. The third-order valence-electron chi connectivity index (χ3n) is 4.45. The molecule has 0 aliphatic carbocycles. The van der Waals surface area contributed by atoms with Gasteiger partial charge in [0.15, 0.2) is 0 Å². The maximum atomic E-state index is 12.3. The lowest BCUT2D eigenvalue weighted by Crippen LogP contribution is -2.52. The molecule has 2 aliphatic heterocycles. The van der Waals surface area contributed by atoms with Crippen molar-refractivity contribution in [2.45, 2.75) is 19.4 Å². The van der Waals surface area contributed by atoms with E-state index in [1.807, 2.05) is 6.92 Å². The van der Waals surface area contributed by atoms with Gasteiger partial charge in [-0.15, -0.1) is 11.3 Å². The number of ether oxygens (including phenoxy) is 2. The number of morpholine rings is 1. The van der Waals surface area contributed by atoms with Crippen molar-refractivity contribution in [3.05, 3.63) is 16.1 Å². The zero-order valence-corrected chi connectivity index (χ0v) is 13.7. The molecule has 1 amide bonds. The van der Waals surface area contributed by atoms with Crippen LogP contribution in [-0.4, -0.2) is 67.9 Å². The van der Waals surface area contributed by atoms with Gasteiger partial charge in [0.1, 0.15) is 4.88 Å². The summed E-state index contributed by atoms with van der Waals surface area (Å²) < 4.78 is 11.0. The van der Waals surface area contributed by atoms with Crippen molar-refractivity contribution in [2.24, 2.45) is 5.92 Å². The number of nitrogens with one attached hydrogen (secondary N) is 1. The summed E-state index contributed by atoms with van der Waals surface area (Å²) in [5.41, 5.74) is 2.52. The predicted molar refractivity (Wildman–Crippen MR) is 84.3 cm³/mol. The lowest BCUT2D eigenvalue weighted by atomic mass is 9.97. The number of aryl methyl sites for hydroxylation is 1. The lowest BCUT2D eigenvalue weighted by Gasteiger charge is -2.37. The van der Waals surface area contributed by atoms with E-state index in [0.29, 0.717) is 23.4 Å². The van der Waals surface area contributed by atoms with E-state index in [0.717, 1.165) is 51.6 Å². The van der Waals surface area contributed by atoms with Crippen LogP contribution in [0.25, 0.3) is 0 Å². The second kappa shape index (κ2) is 7.50. The van der Waals surface area contributed by atoms with Crippen molar-refractivity contribution in [1.82, 2.24) is 15.2 Å². The molecule has 3 rings (SSSR count). The largest absolute Gasteiger partial charge is 0.381 e. The summed E-state index contributed by atoms with van der Waals surface area (Å²) in [7, 11) is 0. The smallest absolute Gasteiger partial charge is 0.263 e. The fourth-order valence-corrected chi connectivity index (χ4v) is 3.88. The number of thiazole rings is 1. The van der Waals surface area contributed by atoms with Gasteiger partial charge in [-0.25, -0.2) is 4.98 Å². The molecule has 2 atom stereocenters. The highest BCUT2D eigenvalue weighted by atomic mass is 32.1. The normalized spacial score (nSPS) is 24.3. The van der Waals surface area contributed by atoms with Crippen molar-refractivity contribution in [2.75, 3.05) is 46.1 Å². The Morgan fingerprint density at radius 2 is 2.27 bits per heavy atom. The average molecular weight is 325 g/mol. The standard InChI is InChI=1S/C15H23N3O3S/c1-11-14(22-10-17-11)15(19)16-8-13(12-2-5-21-9-12)18-3-6-20-7-4-18/h10,12-13H,2-9H2,1H3,(H,16,19)/t12-,13+/m1/s1. The van der Waals surface area contributed by atoms with Crippen LogP contribution in [0, 0.1) is 12.8 Å². The fourth-order valence-electron chi connectivity index (χ4n) is 3.16. The number of hydrogen-bond donors (Lipinski definition) is 1. The molecular formula is C15H23N3O3S. The number of nitrogens with zero attached hydrogens (tertiary/aromatic N) is 2. The van der Waals surface area contributed by atoms with Gasteiger partial charge in [-0.1, -0.05) is 0 Å². The van der Waals surface area contributed by atoms with Gasteiger partial charge in [-0.2, -0.15) is 0 Å². The van der Waals surface area contributed by atoms with E-state index in [2.05, 4.69) is 15.2 Å². The molecule has 2 saturated heterocycles. The molecular weight excluding hydrogens is 302 g/mol. The first-order valence-electron chi connectivity index (χ1n) is 7.83. The van der Waals surface area contributed by atoms with Gasteiger partial charge < -0.3 is 14.8 Å². The summed E-state index contributed by atoms with van der Waals surface area (Å²) >= 11 is 1.40. The van der Waals surface area contributed by atoms with E-state index in [9.17, 15) is 4.79 Å². The van der Waals surface area contributed by atoms with Crippen LogP contribution >= 0.6 is 11.3 Å². The average Bonchev–Trinajstić information content (AvgIpc) is 3.20. The van der Waals surface area contributed by atoms with E-state index in [1.54, 1.807) is 5.51 Å². The molecule has 0 bridgehead atoms. The summed E-state index contributed by atoms with van der Waals surface area (Å²) in [5, 5.41) is 3.09. The van der Waals surface area contributed by atoms with Crippen LogP contribution in [0.4, 0.5) is 0 Å². The molecule has 2 fully saturated rings. The minimum atomic E-state index is -0.0165. The molecule has 1 aromatic rings. The van der Waals surface area contributed by atoms with Crippen LogP contribution in [0.1, 0.15) is 21.8 Å². The second-order valence-electron chi connectivity index (χ2n) is 5.82. The highest BCUT2D eigenvalue weighted by Crippen LogP contribution is 2.22. The van der Waals surface area contributed by atoms with Crippen LogP contribution in [0.2, 0.25) is 0 Å². The van der Waals surface area contributed by atoms with Gasteiger partial charge in [0.05, 0.1) is 31.0 Å². The van der Waals surface area contributed by atoms with Crippen LogP contribution < -0.4 is 5.32 Å². The van der Waals surface area contributed by atoms with E-state index >= 15 is 0 Å². The number of hydrogen-bond acceptors (Lipinski definition) is 6. The minimum Gasteiger partial charge on any atom is -0.381 e. The monoisotopic (exact) mass is 325 g/mol. The van der Waals surface area contributed by atoms with Crippen LogP contribution in [-0.2, 0) is 9.47 Å². The molecule has 6 nitrogen and oxygen atoms in total. The molecule has 0 spiro atoms. The molecule has 1 aromatic heterocycles. The van der Waals surface area contributed by atoms with Crippen molar-refractivity contribution in [3.8, 4) is 0 Å². The van der Waals surface area contributed by atoms with E-state index in [1.165, 1.54) is 11.3 Å². The quantitative estimate of drug-likeness (QED) is 0.872. The Kier molecular flexibility index (Phi) is 5.41. The zero-order valence-electron chi connectivity index (χ0n) is 12.9. The maximum Gasteiger partial charge on any atom is 0.263 e. The third kappa shape index (κ3) is 3.65. The molecule has 0 aromatic carbocycles. The van der Waals surface area contributed by atoms with E-state index in [-0.39, 0.29) is 5.91 Å². The summed E-state index contributed by atoms with van der Waals surface area (Å²) in [4.78, 5) is 19.6. The van der Waals surface area contributed by atoms with Crippen molar-refractivity contribution < 1.29 is 14.3 Å². The molecule has 122 valence electrons. The fraction of sp³-hybridized carbons (Fsp3) is 0.733. The molecule has 7 heteroatoms. The Balaban J connectivity index is 1.62. The van der Waals surface area contributed by atoms with Crippen molar-refractivity contribution in [3.63, 3.8) is 0 Å². The maximum absolute atomic E-state index is 12.3. The van der Waals surface area contributed by atoms with Crippen LogP contribution in [0.3, 0.4) is 0 Å². The van der Waals surface area contributed by atoms with Crippen LogP contribution in [0.15, 0.2) is 5.51 Å². The van der Waals surface area contributed by atoms with Crippen molar-refractivity contribution >= 4 is 17.2 Å². The molecule has 0 unspecified atom stereocenters. The summed E-state index contributed by atoms with van der Waals surface area (Å²) in [6.45, 7) is 7.54. The molecule has 3 heterocycles. The highest BCUT2D eigenvalue weighted by molar-refractivity contribution is 7.11. The van der Waals surface area contributed by atoms with Crippen LogP contribution in [0.5, 0.6) is 0 Å². The summed E-state index contributed by atoms with van der Waals surface area (Å²) in [5.74, 6) is 0.470. The Labute approximate surface area is 134 Å². The highest BCUT2D eigenvalue weighted by Gasteiger charge is 2.32. The Morgan fingerprint density at radius 1 is 1.45 bits per heavy atom. The Morgan fingerprint density at radius 3 is 2.91 bits per heavy atom. The van der Waals surface area contributed by atoms with Gasteiger partial charge in [0.25, 0.3) is 5.91 Å². The third-order valence-corrected chi connectivity index (χ3v) is 5.37. The Hall–Kier alpha value is -1.02. The Bertz CT molecular complexity index is 496. The van der Waals surface area contributed by atoms with Gasteiger partial charge in [0, 0.05) is 38.2 Å². The van der Waals surface area contributed by atoms with Crippen molar-refractivity contribution in [1.29, 1.82) is 0 Å². The molecule has 22 heavy (non-hydrogen) atoms. The first-order chi connectivity index (χ1) is 10.8. The summed E-state index contributed by atoms with van der Waals surface area (Å²) in [6.07, 6.45) is 1.07. The number of carbonyl (C=O) groups excluding carboxylic acids is 1. The number of aromatic nitrogens is 1. The van der Waals surface area contributed by atoms with Gasteiger partial charge in [-0.05, 0) is 13.3 Å². The first-order valence-corrected chi connectivity index (χ1v) is 8.71. The number of rotatable bonds is 5. The zero-order chi connectivity index (χ0) is 15.4. The SMILES string of the molecule is Cc1ncsc1C(=O)NC[C@@H]([C@@H]1CCOC1)N1CCOCC1. The number of carbonyl (C=O) groups is 1. The molecule has 1 N–H and O–H groups in total. The minimum absolute atomic E-state index is 0.0165. The van der Waals surface area contributed by atoms with E-state index in [4.69, 9.17) is 9.47 Å². The molecule has 0 radical (unpaired) electrons. The number of amides is 1. The second-order valence-corrected chi connectivity index (χ2v) is 6.67.